The molecule has 0 radical (unpaired) electrons. The van der Waals surface area contributed by atoms with E-state index in [4.69, 9.17) is 9.16 Å². The molecule has 3 nitrogen and oxygen atoms in total. The van der Waals surface area contributed by atoms with Crippen molar-refractivity contribution in [3.05, 3.63) is 23.8 Å². The van der Waals surface area contributed by atoms with Gasteiger partial charge in [0.1, 0.15) is 18.1 Å². The summed E-state index contributed by atoms with van der Waals surface area (Å²) >= 11 is 0. The number of benzene rings is 1. The first kappa shape index (κ1) is 14.1. The molecule has 0 atom stereocenters. The van der Waals surface area contributed by atoms with Crippen LogP contribution in [0.15, 0.2) is 18.2 Å². The lowest BCUT2D eigenvalue weighted by molar-refractivity contribution is -0.121. The van der Waals surface area contributed by atoms with Gasteiger partial charge in [0.15, 0.2) is 5.78 Å². The average molecular weight is 278 g/mol. The average Bonchev–Trinajstić information content (AvgIpc) is 2.26. The smallest absolute Gasteiger partial charge is 0.250 e. The van der Waals surface area contributed by atoms with Crippen molar-refractivity contribution in [1.29, 1.82) is 0 Å². The largest absolute Gasteiger partial charge is 0.543 e. The third kappa shape index (κ3) is 3.00. The molecule has 0 N–H and O–H groups in total. The fourth-order valence-corrected chi connectivity index (χ4v) is 2.79. The Morgan fingerprint density at radius 1 is 1.26 bits per heavy atom. The molecule has 0 amide bonds. The maximum atomic E-state index is 11.4. The van der Waals surface area contributed by atoms with Crippen LogP contribution in [-0.2, 0) is 11.2 Å². The number of fused-ring (bicyclic) bond motifs is 1. The number of rotatable bonds is 2. The highest BCUT2D eigenvalue weighted by Crippen LogP contribution is 2.38. The maximum Gasteiger partial charge on any atom is 0.250 e. The van der Waals surface area contributed by atoms with Crippen LogP contribution in [-0.4, -0.2) is 20.7 Å². The van der Waals surface area contributed by atoms with Gasteiger partial charge in [0.2, 0.25) is 8.32 Å². The van der Waals surface area contributed by atoms with Gasteiger partial charge in [-0.2, -0.15) is 0 Å². The lowest BCUT2D eigenvalue weighted by Crippen LogP contribution is -2.43. The molecule has 1 aliphatic heterocycles. The molecule has 0 bridgehead atoms. The van der Waals surface area contributed by atoms with Gasteiger partial charge in [0.05, 0.1) is 0 Å². The number of Topliss-reactive ketones (excluding diaryl/α,β-unsaturated/α-hetero) is 1. The van der Waals surface area contributed by atoms with Crippen molar-refractivity contribution < 1.29 is 14.0 Å². The van der Waals surface area contributed by atoms with E-state index in [0.29, 0.717) is 6.42 Å². The van der Waals surface area contributed by atoms with Gasteiger partial charge in [-0.25, -0.2) is 0 Å². The van der Waals surface area contributed by atoms with E-state index in [0.717, 1.165) is 17.1 Å². The Bertz CT molecular complexity index is 501. The first-order chi connectivity index (χ1) is 8.69. The maximum absolute atomic E-state index is 11.4. The number of carbonyl (C=O) groups is 1. The first-order valence-electron chi connectivity index (χ1n) is 6.65. The van der Waals surface area contributed by atoms with Crippen molar-refractivity contribution in [2.75, 3.05) is 6.61 Å². The second-order valence-electron chi connectivity index (χ2n) is 6.64. The van der Waals surface area contributed by atoms with E-state index in [1.165, 1.54) is 0 Å². The summed E-state index contributed by atoms with van der Waals surface area (Å²) in [6.07, 6.45) is 0.448. The van der Waals surface area contributed by atoms with Crippen LogP contribution >= 0.6 is 0 Å². The number of hydrogen-bond acceptors (Lipinski definition) is 3. The third-order valence-corrected chi connectivity index (χ3v) is 8.35. The van der Waals surface area contributed by atoms with Crippen LogP contribution in [0.1, 0.15) is 26.3 Å². The van der Waals surface area contributed by atoms with E-state index in [-0.39, 0.29) is 17.4 Å². The summed E-state index contributed by atoms with van der Waals surface area (Å²) < 4.78 is 11.6. The van der Waals surface area contributed by atoms with E-state index in [1.54, 1.807) is 0 Å². The van der Waals surface area contributed by atoms with E-state index >= 15 is 0 Å². The summed E-state index contributed by atoms with van der Waals surface area (Å²) in [5.74, 6) is 1.78. The van der Waals surface area contributed by atoms with Gasteiger partial charge in [-0.1, -0.05) is 20.8 Å². The Morgan fingerprint density at radius 2 is 1.95 bits per heavy atom. The molecule has 0 unspecified atom stereocenters. The molecule has 2 rings (SSSR count). The third-order valence-electron chi connectivity index (χ3n) is 3.99. The van der Waals surface area contributed by atoms with Crippen LogP contribution < -0.4 is 9.16 Å². The van der Waals surface area contributed by atoms with Crippen molar-refractivity contribution in [2.45, 2.75) is 45.3 Å². The predicted octanol–water partition coefficient (Wildman–Crippen LogP) is 3.57. The van der Waals surface area contributed by atoms with Gasteiger partial charge in [0, 0.05) is 12.0 Å². The van der Waals surface area contributed by atoms with Gasteiger partial charge in [-0.3, -0.25) is 4.79 Å². The SMILES string of the molecule is CC(C)(C)[Si](C)(C)Oc1ccc2c(c1)CC(=O)CO2. The minimum absolute atomic E-state index is 0.122. The minimum Gasteiger partial charge on any atom is -0.543 e. The van der Waals surface area contributed by atoms with E-state index in [9.17, 15) is 4.79 Å². The van der Waals surface area contributed by atoms with Crippen LogP contribution in [0.25, 0.3) is 0 Å². The van der Waals surface area contributed by atoms with E-state index in [1.807, 2.05) is 18.2 Å². The summed E-state index contributed by atoms with van der Waals surface area (Å²) in [5.41, 5.74) is 0.937. The van der Waals surface area contributed by atoms with Crippen LogP contribution in [0, 0.1) is 0 Å². The lowest BCUT2D eigenvalue weighted by Gasteiger charge is -2.36. The molecule has 1 aliphatic rings. The van der Waals surface area contributed by atoms with Gasteiger partial charge in [-0.05, 0) is 36.3 Å². The molecular formula is C15H22O3Si. The van der Waals surface area contributed by atoms with E-state index < -0.39 is 8.32 Å². The monoisotopic (exact) mass is 278 g/mol. The Balaban J connectivity index is 2.23. The number of ether oxygens (including phenoxy) is 1. The lowest BCUT2D eigenvalue weighted by atomic mass is 10.1. The second-order valence-corrected chi connectivity index (χ2v) is 11.4. The molecule has 1 heterocycles. The Morgan fingerprint density at radius 3 is 2.58 bits per heavy atom. The molecule has 19 heavy (non-hydrogen) atoms. The number of ketones is 1. The number of hydrogen-bond donors (Lipinski definition) is 0. The highest BCUT2D eigenvalue weighted by molar-refractivity contribution is 6.74. The quantitative estimate of drug-likeness (QED) is 0.776. The normalized spacial score (nSPS) is 15.7. The fraction of sp³-hybridized carbons (Fsp3) is 0.533. The van der Waals surface area contributed by atoms with E-state index in [2.05, 4.69) is 33.9 Å². The van der Waals surface area contributed by atoms with Gasteiger partial charge >= 0.3 is 0 Å². The highest BCUT2D eigenvalue weighted by atomic mass is 28.4. The summed E-state index contributed by atoms with van der Waals surface area (Å²) in [5, 5.41) is 0.162. The van der Waals surface area contributed by atoms with Crippen LogP contribution in [0.2, 0.25) is 18.1 Å². The van der Waals surface area contributed by atoms with Crippen molar-refractivity contribution in [2.24, 2.45) is 0 Å². The second kappa shape index (κ2) is 4.67. The zero-order valence-corrected chi connectivity index (χ0v) is 13.4. The molecule has 0 spiro atoms. The molecule has 0 fully saturated rings. The Kier molecular flexibility index (Phi) is 3.47. The molecule has 0 saturated heterocycles. The standard InChI is InChI=1S/C15H22O3Si/c1-15(2,3)19(4,5)18-13-6-7-14-11(9-13)8-12(16)10-17-14/h6-7,9H,8,10H2,1-5H3. The fourth-order valence-electron chi connectivity index (χ4n) is 1.77. The van der Waals surface area contributed by atoms with Crippen molar-refractivity contribution in [3.8, 4) is 11.5 Å². The van der Waals surface area contributed by atoms with Crippen molar-refractivity contribution in [3.63, 3.8) is 0 Å². The number of carbonyl (C=O) groups excluding carboxylic acids is 1. The van der Waals surface area contributed by atoms with Gasteiger partial charge < -0.3 is 9.16 Å². The Labute approximate surface area is 116 Å². The molecule has 104 valence electrons. The molecule has 1 aromatic carbocycles. The van der Waals surface area contributed by atoms with Crippen molar-refractivity contribution >= 4 is 14.1 Å². The van der Waals surface area contributed by atoms with Crippen LogP contribution in [0.4, 0.5) is 0 Å². The Hall–Kier alpha value is -1.29. The molecule has 0 aliphatic carbocycles. The molecule has 0 aromatic heterocycles. The first-order valence-corrected chi connectivity index (χ1v) is 9.56. The topological polar surface area (TPSA) is 35.5 Å². The highest BCUT2D eigenvalue weighted by Gasteiger charge is 2.39. The van der Waals surface area contributed by atoms with Gasteiger partial charge in [-0.15, -0.1) is 0 Å². The predicted molar refractivity (Wildman–Crippen MR) is 78.5 cm³/mol. The van der Waals surface area contributed by atoms with Crippen molar-refractivity contribution in [1.82, 2.24) is 0 Å². The molecular weight excluding hydrogens is 256 g/mol. The zero-order valence-electron chi connectivity index (χ0n) is 12.4. The molecule has 4 heteroatoms. The summed E-state index contributed by atoms with van der Waals surface area (Å²) in [6.45, 7) is 11.3. The summed E-state index contributed by atoms with van der Waals surface area (Å²) in [6, 6.07) is 5.80. The zero-order chi connectivity index (χ0) is 14.3. The summed E-state index contributed by atoms with van der Waals surface area (Å²) in [7, 11) is -1.83. The molecule has 0 saturated carbocycles. The van der Waals surface area contributed by atoms with Crippen LogP contribution in [0.5, 0.6) is 11.5 Å². The molecule has 1 aromatic rings. The van der Waals surface area contributed by atoms with Gasteiger partial charge in [0.25, 0.3) is 0 Å². The summed E-state index contributed by atoms with van der Waals surface area (Å²) in [4.78, 5) is 11.4. The minimum atomic E-state index is -1.83. The van der Waals surface area contributed by atoms with Crippen LogP contribution in [0.3, 0.4) is 0 Å².